The maximum Gasteiger partial charge on any atom is 0.337 e. The summed E-state index contributed by atoms with van der Waals surface area (Å²) in [7, 11) is 0. The Balaban J connectivity index is 2.20. The molecule has 0 radical (unpaired) electrons. The molecule has 0 spiro atoms. The lowest BCUT2D eigenvalue weighted by Crippen LogP contribution is -2.07. The van der Waals surface area contributed by atoms with E-state index >= 15 is 0 Å². The Bertz CT molecular complexity index is 822. The van der Waals surface area contributed by atoms with Crippen molar-refractivity contribution in [3.8, 4) is 0 Å². The number of hydrogen-bond donors (Lipinski definition) is 1. The average molecular weight is 321 g/mol. The van der Waals surface area contributed by atoms with Crippen molar-refractivity contribution in [2.75, 3.05) is 0 Å². The van der Waals surface area contributed by atoms with Crippen molar-refractivity contribution >= 4 is 39.9 Å². The van der Waals surface area contributed by atoms with Gasteiger partial charge in [0.05, 0.1) is 27.5 Å². The van der Waals surface area contributed by atoms with E-state index < -0.39 is 5.97 Å². The molecule has 1 aromatic carbocycles. The smallest absolute Gasteiger partial charge is 0.337 e. The summed E-state index contributed by atoms with van der Waals surface area (Å²) in [6.07, 6.45) is 0.743. The van der Waals surface area contributed by atoms with Gasteiger partial charge in [0.1, 0.15) is 5.82 Å². The highest BCUT2D eigenvalue weighted by molar-refractivity contribution is 7.16. The Morgan fingerprint density at radius 3 is 2.81 bits per heavy atom. The number of halogens is 1. The molecule has 0 saturated carbocycles. The summed E-state index contributed by atoms with van der Waals surface area (Å²) < 4.78 is 2.70. The molecule has 21 heavy (non-hydrogen) atoms. The van der Waals surface area contributed by atoms with Crippen molar-refractivity contribution < 1.29 is 9.90 Å². The summed E-state index contributed by atoms with van der Waals surface area (Å²) >= 11 is 7.47. The zero-order valence-corrected chi connectivity index (χ0v) is 12.9. The molecule has 0 bridgehead atoms. The zero-order valence-electron chi connectivity index (χ0n) is 11.3. The Labute approximate surface area is 130 Å². The minimum absolute atomic E-state index is 0.280. The monoisotopic (exact) mass is 320 g/mol. The average Bonchev–Trinajstić information content (AvgIpc) is 3.03. The van der Waals surface area contributed by atoms with Gasteiger partial charge in [-0.3, -0.25) is 0 Å². The van der Waals surface area contributed by atoms with Crippen LogP contribution in [-0.2, 0) is 13.0 Å². The number of imidazole rings is 1. The summed E-state index contributed by atoms with van der Waals surface area (Å²) in [4.78, 5) is 17.1. The van der Waals surface area contributed by atoms with Gasteiger partial charge in [-0.05, 0) is 24.3 Å². The number of aromatic nitrogens is 2. The SMILES string of the molecule is CCc1nc2cccc(C(=O)O)c2n1Cc1ccc(Cl)s1. The van der Waals surface area contributed by atoms with E-state index in [1.165, 1.54) is 11.3 Å². The molecule has 0 aliphatic carbocycles. The van der Waals surface area contributed by atoms with Gasteiger partial charge in [-0.1, -0.05) is 24.6 Å². The third-order valence-electron chi connectivity index (χ3n) is 3.34. The van der Waals surface area contributed by atoms with Crippen molar-refractivity contribution in [2.24, 2.45) is 0 Å². The molecule has 0 unspecified atom stereocenters. The van der Waals surface area contributed by atoms with Crippen LogP contribution in [0, 0.1) is 0 Å². The molecule has 2 aromatic heterocycles. The number of para-hydroxylation sites is 1. The van der Waals surface area contributed by atoms with E-state index in [2.05, 4.69) is 4.98 Å². The number of aryl methyl sites for hydroxylation is 1. The number of carboxylic acids is 1. The van der Waals surface area contributed by atoms with Crippen LogP contribution in [0.1, 0.15) is 28.0 Å². The molecule has 1 N–H and O–H groups in total. The lowest BCUT2D eigenvalue weighted by Gasteiger charge is -2.08. The predicted octanol–water partition coefficient (Wildman–Crippen LogP) is 4.06. The van der Waals surface area contributed by atoms with Crippen molar-refractivity contribution in [2.45, 2.75) is 19.9 Å². The predicted molar refractivity (Wildman–Crippen MR) is 84.5 cm³/mol. The van der Waals surface area contributed by atoms with Crippen LogP contribution in [0.15, 0.2) is 30.3 Å². The van der Waals surface area contributed by atoms with Gasteiger partial charge in [0.2, 0.25) is 0 Å². The van der Waals surface area contributed by atoms with E-state index in [1.807, 2.05) is 29.7 Å². The lowest BCUT2D eigenvalue weighted by molar-refractivity contribution is 0.0698. The maximum atomic E-state index is 11.5. The fraction of sp³-hybridized carbons (Fsp3) is 0.200. The highest BCUT2D eigenvalue weighted by atomic mass is 35.5. The number of carboxylic acid groups (broad SMARTS) is 1. The number of nitrogens with zero attached hydrogens (tertiary/aromatic N) is 2. The topological polar surface area (TPSA) is 55.1 Å². The minimum Gasteiger partial charge on any atom is -0.478 e. The molecule has 0 fully saturated rings. The molecule has 0 aliphatic rings. The summed E-state index contributed by atoms with van der Waals surface area (Å²) in [5.41, 5.74) is 1.67. The molecular formula is C15H13ClN2O2S. The highest BCUT2D eigenvalue weighted by Gasteiger charge is 2.17. The molecule has 4 nitrogen and oxygen atoms in total. The zero-order chi connectivity index (χ0) is 15.0. The number of rotatable bonds is 4. The van der Waals surface area contributed by atoms with Crippen molar-refractivity contribution in [1.82, 2.24) is 9.55 Å². The summed E-state index contributed by atoms with van der Waals surface area (Å²) in [5, 5.41) is 9.40. The van der Waals surface area contributed by atoms with Crippen LogP contribution >= 0.6 is 22.9 Å². The molecule has 3 rings (SSSR count). The van der Waals surface area contributed by atoms with Gasteiger partial charge >= 0.3 is 5.97 Å². The summed E-state index contributed by atoms with van der Waals surface area (Å²) in [6, 6.07) is 9.00. The first-order valence-electron chi connectivity index (χ1n) is 6.55. The number of fused-ring (bicyclic) bond motifs is 1. The van der Waals surface area contributed by atoms with E-state index in [1.54, 1.807) is 12.1 Å². The number of benzene rings is 1. The van der Waals surface area contributed by atoms with Crippen LogP contribution in [0.2, 0.25) is 4.34 Å². The number of hydrogen-bond acceptors (Lipinski definition) is 3. The molecule has 3 aromatic rings. The molecule has 6 heteroatoms. The van der Waals surface area contributed by atoms with Gasteiger partial charge in [0.25, 0.3) is 0 Å². The van der Waals surface area contributed by atoms with Gasteiger partial charge in [0.15, 0.2) is 0 Å². The van der Waals surface area contributed by atoms with Crippen LogP contribution in [-0.4, -0.2) is 20.6 Å². The Hall–Kier alpha value is -1.85. The fourth-order valence-corrected chi connectivity index (χ4v) is 3.52. The molecule has 0 saturated heterocycles. The second-order valence-corrected chi connectivity index (χ2v) is 6.45. The molecule has 0 aliphatic heterocycles. The standard InChI is InChI=1S/C15H13ClN2O2S/c1-2-13-17-11-5-3-4-10(15(19)20)14(11)18(13)8-9-6-7-12(16)21-9/h3-7H,2,8H2,1H3,(H,19,20). The quantitative estimate of drug-likeness (QED) is 0.788. The molecule has 0 amide bonds. The number of thiophene rings is 1. The molecule has 2 heterocycles. The number of aromatic carboxylic acids is 1. The summed E-state index contributed by atoms with van der Waals surface area (Å²) in [6.45, 7) is 2.60. The van der Waals surface area contributed by atoms with Gasteiger partial charge in [-0.25, -0.2) is 9.78 Å². The minimum atomic E-state index is -0.936. The van der Waals surface area contributed by atoms with Crippen LogP contribution < -0.4 is 0 Å². The third-order valence-corrected chi connectivity index (χ3v) is 4.55. The van der Waals surface area contributed by atoms with Gasteiger partial charge in [0, 0.05) is 11.3 Å². The van der Waals surface area contributed by atoms with Crippen LogP contribution in [0.25, 0.3) is 11.0 Å². The normalized spacial score (nSPS) is 11.1. The van der Waals surface area contributed by atoms with Crippen molar-refractivity contribution in [1.29, 1.82) is 0 Å². The van der Waals surface area contributed by atoms with E-state index in [9.17, 15) is 9.90 Å². The van der Waals surface area contributed by atoms with E-state index in [-0.39, 0.29) is 5.56 Å². The number of carbonyl (C=O) groups is 1. The van der Waals surface area contributed by atoms with Gasteiger partial charge in [-0.2, -0.15) is 0 Å². The molecule has 0 atom stereocenters. The molecular weight excluding hydrogens is 308 g/mol. The van der Waals surface area contributed by atoms with Gasteiger partial charge in [-0.15, -0.1) is 11.3 Å². The Kier molecular flexibility index (Phi) is 3.69. The second-order valence-electron chi connectivity index (χ2n) is 4.65. The lowest BCUT2D eigenvalue weighted by atomic mass is 10.2. The largest absolute Gasteiger partial charge is 0.478 e. The van der Waals surface area contributed by atoms with E-state index in [4.69, 9.17) is 11.6 Å². The van der Waals surface area contributed by atoms with Crippen LogP contribution in [0.4, 0.5) is 0 Å². The van der Waals surface area contributed by atoms with Crippen molar-refractivity contribution in [3.63, 3.8) is 0 Å². The first-order chi connectivity index (χ1) is 10.1. The first-order valence-corrected chi connectivity index (χ1v) is 7.75. The van der Waals surface area contributed by atoms with Crippen LogP contribution in [0.5, 0.6) is 0 Å². The Morgan fingerprint density at radius 2 is 2.19 bits per heavy atom. The summed E-state index contributed by atoms with van der Waals surface area (Å²) in [5.74, 6) is -0.0585. The fourth-order valence-electron chi connectivity index (χ4n) is 2.44. The van der Waals surface area contributed by atoms with E-state index in [0.717, 1.165) is 27.0 Å². The maximum absolute atomic E-state index is 11.5. The highest BCUT2D eigenvalue weighted by Crippen LogP contribution is 2.26. The van der Waals surface area contributed by atoms with Crippen molar-refractivity contribution in [3.05, 3.63) is 50.9 Å². The van der Waals surface area contributed by atoms with E-state index in [0.29, 0.717) is 12.1 Å². The van der Waals surface area contributed by atoms with Gasteiger partial charge < -0.3 is 9.67 Å². The molecule has 108 valence electrons. The first kappa shape index (κ1) is 14.1. The van der Waals surface area contributed by atoms with Crippen LogP contribution in [0.3, 0.4) is 0 Å². The Morgan fingerprint density at radius 1 is 1.38 bits per heavy atom. The third kappa shape index (κ3) is 2.54. The second kappa shape index (κ2) is 5.50.